The minimum absolute atomic E-state index is 1.10. The summed E-state index contributed by atoms with van der Waals surface area (Å²) in [6.45, 7) is 11.4. The Morgan fingerprint density at radius 3 is 0.615 bits per heavy atom. The third-order valence-electron chi connectivity index (χ3n) is 8.37. The molecule has 0 atom stereocenters. The van der Waals surface area contributed by atoms with Crippen LogP contribution in [0.15, 0.2) is 0 Å². The largest absolute Gasteiger partial charge is 0.315 e. The van der Waals surface area contributed by atoms with Crippen LogP contribution in [0.5, 0.6) is 0 Å². The SMILES string of the molecule is CCCCCCCCCCCCCCCCNCCNCCNCCCCCCCCCCCCCCCC. The number of unbranched alkanes of at least 4 members (excludes halogenated alkanes) is 26. The summed E-state index contributed by atoms with van der Waals surface area (Å²) in [5.74, 6) is 0. The van der Waals surface area contributed by atoms with E-state index >= 15 is 0 Å². The van der Waals surface area contributed by atoms with Crippen LogP contribution < -0.4 is 16.0 Å². The summed E-state index contributed by atoms with van der Waals surface area (Å²) in [6, 6.07) is 0. The number of nitrogens with one attached hydrogen (secondary N) is 3. The molecule has 0 rings (SSSR count). The lowest BCUT2D eigenvalue weighted by Crippen LogP contribution is -2.33. The highest BCUT2D eigenvalue weighted by Crippen LogP contribution is 2.14. The van der Waals surface area contributed by atoms with Gasteiger partial charge in [0.25, 0.3) is 0 Å². The van der Waals surface area contributed by atoms with Crippen molar-refractivity contribution in [2.24, 2.45) is 0 Å². The van der Waals surface area contributed by atoms with Crippen LogP contribution >= 0.6 is 0 Å². The molecule has 3 heteroatoms. The maximum atomic E-state index is 3.60. The normalized spacial score (nSPS) is 11.5. The molecule has 0 saturated heterocycles. The van der Waals surface area contributed by atoms with Crippen molar-refractivity contribution in [3.8, 4) is 0 Å². The molecule has 0 fully saturated rings. The fraction of sp³-hybridized carbons (Fsp3) is 1.00. The molecule has 0 spiro atoms. The average Bonchev–Trinajstić information content (AvgIpc) is 2.95. The topological polar surface area (TPSA) is 36.1 Å². The van der Waals surface area contributed by atoms with Gasteiger partial charge in [0, 0.05) is 26.2 Å². The quantitative estimate of drug-likeness (QED) is 0.0678. The zero-order chi connectivity index (χ0) is 28.2. The molecule has 0 aliphatic heterocycles. The lowest BCUT2D eigenvalue weighted by atomic mass is 10.0. The van der Waals surface area contributed by atoms with Crippen molar-refractivity contribution in [3.63, 3.8) is 0 Å². The highest BCUT2D eigenvalue weighted by Gasteiger charge is 1.96. The van der Waals surface area contributed by atoms with E-state index < -0.39 is 0 Å². The summed E-state index contributed by atoms with van der Waals surface area (Å²) in [4.78, 5) is 0. The molecule has 0 unspecified atom stereocenters. The number of rotatable bonds is 36. The van der Waals surface area contributed by atoms with Crippen LogP contribution in [-0.2, 0) is 0 Å². The van der Waals surface area contributed by atoms with Gasteiger partial charge in [-0.05, 0) is 25.9 Å². The van der Waals surface area contributed by atoms with E-state index in [0.717, 1.165) is 26.2 Å². The fourth-order valence-electron chi connectivity index (χ4n) is 5.62. The molecule has 39 heavy (non-hydrogen) atoms. The van der Waals surface area contributed by atoms with Crippen molar-refractivity contribution >= 4 is 0 Å². The Morgan fingerprint density at radius 2 is 0.385 bits per heavy atom. The summed E-state index contributed by atoms with van der Waals surface area (Å²) >= 11 is 0. The first-order valence-corrected chi connectivity index (χ1v) is 18.5. The highest BCUT2D eigenvalue weighted by molar-refractivity contribution is 4.57. The predicted octanol–water partition coefficient (Wildman–Crippen LogP) is 10.7. The Balaban J connectivity index is 3.01. The van der Waals surface area contributed by atoms with Crippen LogP contribution in [0.25, 0.3) is 0 Å². The molecule has 0 radical (unpaired) electrons. The average molecular weight is 552 g/mol. The smallest absolute Gasteiger partial charge is 0.00772 e. The minimum Gasteiger partial charge on any atom is -0.315 e. The van der Waals surface area contributed by atoms with E-state index in [1.807, 2.05) is 0 Å². The summed E-state index contributed by atoms with van der Waals surface area (Å²) < 4.78 is 0. The molecule has 0 bridgehead atoms. The van der Waals surface area contributed by atoms with Crippen LogP contribution in [0, 0.1) is 0 Å². The third-order valence-corrected chi connectivity index (χ3v) is 8.37. The van der Waals surface area contributed by atoms with Crippen molar-refractivity contribution in [1.82, 2.24) is 16.0 Å². The monoisotopic (exact) mass is 552 g/mol. The Labute approximate surface area is 248 Å². The molecule has 0 aromatic rings. The van der Waals surface area contributed by atoms with Crippen LogP contribution in [0.2, 0.25) is 0 Å². The molecule has 0 aliphatic carbocycles. The van der Waals surface area contributed by atoms with Gasteiger partial charge in [-0.15, -0.1) is 0 Å². The van der Waals surface area contributed by atoms with Gasteiger partial charge in [-0.3, -0.25) is 0 Å². The summed E-state index contributed by atoms with van der Waals surface area (Å²) in [5, 5.41) is 10.8. The summed E-state index contributed by atoms with van der Waals surface area (Å²) in [5.41, 5.74) is 0. The Hall–Kier alpha value is -0.120. The maximum absolute atomic E-state index is 3.60. The van der Waals surface area contributed by atoms with Gasteiger partial charge in [0.05, 0.1) is 0 Å². The van der Waals surface area contributed by atoms with E-state index in [0.29, 0.717) is 0 Å². The van der Waals surface area contributed by atoms with Gasteiger partial charge in [-0.25, -0.2) is 0 Å². The molecular formula is C36H77N3. The van der Waals surface area contributed by atoms with Gasteiger partial charge in [0.1, 0.15) is 0 Å². The van der Waals surface area contributed by atoms with Gasteiger partial charge in [0.2, 0.25) is 0 Å². The molecule has 236 valence electrons. The molecule has 3 N–H and O–H groups in total. The maximum Gasteiger partial charge on any atom is 0.00772 e. The zero-order valence-corrected chi connectivity index (χ0v) is 27.5. The summed E-state index contributed by atoms with van der Waals surface area (Å²) in [7, 11) is 0. The van der Waals surface area contributed by atoms with E-state index in [2.05, 4.69) is 29.8 Å². The first-order valence-electron chi connectivity index (χ1n) is 18.5. The van der Waals surface area contributed by atoms with Gasteiger partial charge in [-0.2, -0.15) is 0 Å². The van der Waals surface area contributed by atoms with E-state index in [1.54, 1.807) is 0 Å². The van der Waals surface area contributed by atoms with Crippen molar-refractivity contribution in [3.05, 3.63) is 0 Å². The first kappa shape index (κ1) is 38.9. The minimum atomic E-state index is 1.10. The molecule has 0 aromatic heterocycles. The van der Waals surface area contributed by atoms with Gasteiger partial charge in [-0.1, -0.05) is 181 Å². The second kappa shape index (κ2) is 37.9. The van der Waals surface area contributed by atoms with Crippen molar-refractivity contribution in [1.29, 1.82) is 0 Å². The van der Waals surface area contributed by atoms with E-state index in [-0.39, 0.29) is 0 Å². The Kier molecular flexibility index (Phi) is 37.8. The second-order valence-electron chi connectivity index (χ2n) is 12.4. The third kappa shape index (κ3) is 37.9. The van der Waals surface area contributed by atoms with Crippen LogP contribution in [0.4, 0.5) is 0 Å². The van der Waals surface area contributed by atoms with Crippen LogP contribution in [0.3, 0.4) is 0 Å². The van der Waals surface area contributed by atoms with E-state index in [9.17, 15) is 0 Å². The van der Waals surface area contributed by atoms with Crippen molar-refractivity contribution < 1.29 is 0 Å². The van der Waals surface area contributed by atoms with E-state index in [1.165, 1.54) is 193 Å². The molecule has 0 saturated carbocycles. The molecule has 0 aromatic carbocycles. The molecule has 0 amide bonds. The van der Waals surface area contributed by atoms with Crippen LogP contribution in [-0.4, -0.2) is 39.3 Å². The van der Waals surface area contributed by atoms with Gasteiger partial charge < -0.3 is 16.0 Å². The Morgan fingerprint density at radius 1 is 0.205 bits per heavy atom. The van der Waals surface area contributed by atoms with Gasteiger partial charge >= 0.3 is 0 Å². The first-order chi connectivity index (χ1) is 19.4. The zero-order valence-electron chi connectivity index (χ0n) is 27.5. The number of hydrogen-bond acceptors (Lipinski definition) is 3. The predicted molar refractivity (Wildman–Crippen MR) is 179 cm³/mol. The number of hydrogen-bond donors (Lipinski definition) is 3. The Bertz CT molecular complexity index is 365. The van der Waals surface area contributed by atoms with Crippen molar-refractivity contribution in [2.45, 2.75) is 194 Å². The summed E-state index contributed by atoms with van der Waals surface area (Å²) in [6.07, 6.45) is 40.3. The van der Waals surface area contributed by atoms with Crippen LogP contribution in [0.1, 0.15) is 194 Å². The lowest BCUT2D eigenvalue weighted by Gasteiger charge is -2.08. The van der Waals surface area contributed by atoms with Crippen molar-refractivity contribution in [2.75, 3.05) is 39.3 Å². The molecule has 0 aliphatic rings. The van der Waals surface area contributed by atoms with Gasteiger partial charge in [0.15, 0.2) is 0 Å². The lowest BCUT2D eigenvalue weighted by molar-refractivity contribution is 0.521. The highest BCUT2D eigenvalue weighted by atomic mass is 15.0. The molecular weight excluding hydrogens is 474 g/mol. The molecule has 0 heterocycles. The standard InChI is InChI=1S/C36H77N3/c1-3-5-7-9-11-13-15-17-19-21-23-25-27-29-31-37-33-35-39-36-34-38-32-30-28-26-24-22-20-18-16-14-12-10-8-6-4-2/h37-39H,3-36H2,1-2H3. The fourth-order valence-corrected chi connectivity index (χ4v) is 5.62. The van der Waals surface area contributed by atoms with E-state index in [4.69, 9.17) is 0 Å². The second-order valence-corrected chi connectivity index (χ2v) is 12.4. The molecule has 3 nitrogen and oxygen atoms in total.